The Morgan fingerprint density at radius 3 is 2.70 bits per heavy atom. The minimum Gasteiger partial charge on any atom is -0.338 e. The molecule has 4 nitrogen and oxygen atoms in total. The van der Waals surface area contributed by atoms with Gasteiger partial charge in [0.25, 0.3) is 0 Å². The van der Waals surface area contributed by atoms with Crippen LogP contribution in [0.3, 0.4) is 0 Å². The third kappa shape index (κ3) is 4.17. The smallest absolute Gasteiger partial charge is 0.225 e. The first-order valence-electron chi connectivity index (χ1n) is 8.13. The Kier molecular flexibility index (Phi) is 6.25. The van der Waals surface area contributed by atoms with E-state index in [2.05, 4.69) is 34.0 Å². The van der Waals surface area contributed by atoms with Crippen molar-refractivity contribution in [2.75, 3.05) is 18.0 Å². The van der Waals surface area contributed by atoms with Crippen molar-refractivity contribution in [2.45, 2.75) is 65.0 Å². The third-order valence-electron chi connectivity index (χ3n) is 4.05. The maximum Gasteiger partial charge on any atom is 0.225 e. The van der Waals surface area contributed by atoms with Crippen LogP contribution in [0.1, 0.15) is 57.9 Å². The maximum atomic E-state index is 4.60. The average Bonchev–Trinajstić information content (AvgIpc) is 2.73. The van der Waals surface area contributed by atoms with Crippen LogP contribution in [0.4, 0.5) is 5.95 Å². The highest BCUT2D eigenvalue weighted by Gasteiger charge is 2.21. The summed E-state index contributed by atoms with van der Waals surface area (Å²) < 4.78 is 0. The Morgan fingerprint density at radius 1 is 1.20 bits per heavy atom. The summed E-state index contributed by atoms with van der Waals surface area (Å²) in [4.78, 5) is 11.6. The lowest BCUT2D eigenvalue weighted by molar-refractivity contribution is 0.547. The molecule has 0 aliphatic carbocycles. The van der Waals surface area contributed by atoms with Gasteiger partial charge in [-0.15, -0.1) is 0 Å². The summed E-state index contributed by atoms with van der Waals surface area (Å²) in [6, 6.07) is 0.613. The molecule has 0 bridgehead atoms. The highest BCUT2D eigenvalue weighted by Crippen LogP contribution is 2.22. The molecule has 1 atom stereocenters. The van der Waals surface area contributed by atoms with E-state index < -0.39 is 0 Å². The predicted octanol–water partition coefficient (Wildman–Crippen LogP) is 3.14. The first-order valence-corrected chi connectivity index (χ1v) is 8.13. The normalized spacial score (nSPS) is 19.9. The quantitative estimate of drug-likeness (QED) is 0.810. The Labute approximate surface area is 123 Å². The second-order valence-electron chi connectivity index (χ2n) is 5.67. The Bertz CT molecular complexity index is 377. The van der Waals surface area contributed by atoms with Crippen molar-refractivity contribution in [3.63, 3.8) is 0 Å². The van der Waals surface area contributed by atoms with E-state index in [9.17, 15) is 0 Å². The van der Waals surface area contributed by atoms with Crippen molar-refractivity contribution in [2.24, 2.45) is 0 Å². The fourth-order valence-electron chi connectivity index (χ4n) is 2.86. The molecule has 1 aliphatic rings. The molecule has 2 rings (SSSR count). The molecule has 1 aromatic rings. The summed E-state index contributed by atoms with van der Waals surface area (Å²) in [5.41, 5.74) is 1.17. The van der Waals surface area contributed by atoms with Crippen molar-refractivity contribution < 1.29 is 0 Å². The van der Waals surface area contributed by atoms with Gasteiger partial charge in [-0.2, -0.15) is 0 Å². The maximum absolute atomic E-state index is 4.60. The Morgan fingerprint density at radius 2 is 2.00 bits per heavy atom. The summed E-state index contributed by atoms with van der Waals surface area (Å²) in [7, 11) is 0. The molecule has 1 aromatic heterocycles. The summed E-state index contributed by atoms with van der Waals surface area (Å²) in [6.07, 6.45) is 11.5. The predicted molar refractivity (Wildman–Crippen MR) is 83.9 cm³/mol. The second-order valence-corrected chi connectivity index (χ2v) is 5.67. The lowest BCUT2D eigenvalue weighted by Crippen LogP contribution is -2.35. The topological polar surface area (TPSA) is 41.1 Å². The zero-order chi connectivity index (χ0) is 14.2. The van der Waals surface area contributed by atoms with Crippen LogP contribution >= 0.6 is 0 Å². The van der Waals surface area contributed by atoms with E-state index in [1.165, 1.54) is 37.7 Å². The standard InChI is InChI=1S/C16H28N4/c1-3-9-17-11-14-12-18-16(19-13-14)20-10-7-5-6-8-15(20)4-2/h12-13,15,17H,3-11H2,1-2H3. The zero-order valence-corrected chi connectivity index (χ0v) is 12.9. The van der Waals surface area contributed by atoms with Gasteiger partial charge in [0.05, 0.1) is 0 Å². The second kappa shape index (κ2) is 8.20. The first-order chi connectivity index (χ1) is 9.85. The minimum absolute atomic E-state index is 0.613. The van der Waals surface area contributed by atoms with Gasteiger partial charge in [0.2, 0.25) is 5.95 Å². The van der Waals surface area contributed by atoms with Gasteiger partial charge >= 0.3 is 0 Å². The fourth-order valence-corrected chi connectivity index (χ4v) is 2.86. The van der Waals surface area contributed by atoms with E-state index in [0.717, 1.165) is 32.0 Å². The monoisotopic (exact) mass is 276 g/mol. The van der Waals surface area contributed by atoms with Crippen LogP contribution in [-0.2, 0) is 6.54 Å². The SMILES string of the molecule is CCCNCc1cnc(N2CCCCCC2CC)nc1. The summed E-state index contributed by atoms with van der Waals surface area (Å²) >= 11 is 0. The van der Waals surface area contributed by atoms with Crippen LogP contribution in [0.15, 0.2) is 12.4 Å². The van der Waals surface area contributed by atoms with Gasteiger partial charge in [-0.1, -0.05) is 26.7 Å². The van der Waals surface area contributed by atoms with Gasteiger partial charge in [-0.3, -0.25) is 0 Å². The largest absolute Gasteiger partial charge is 0.338 e. The van der Waals surface area contributed by atoms with Gasteiger partial charge in [0.15, 0.2) is 0 Å². The van der Waals surface area contributed by atoms with Crippen LogP contribution in [0.25, 0.3) is 0 Å². The van der Waals surface area contributed by atoms with Crippen LogP contribution < -0.4 is 10.2 Å². The molecule has 1 unspecified atom stereocenters. The number of nitrogens with one attached hydrogen (secondary N) is 1. The molecule has 0 spiro atoms. The third-order valence-corrected chi connectivity index (χ3v) is 4.05. The van der Waals surface area contributed by atoms with E-state index in [-0.39, 0.29) is 0 Å². The minimum atomic E-state index is 0.613. The van der Waals surface area contributed by atoms with Crippen LogP contribution in [0, 0.1) is 0 Å². The summed E-state index contributed by atoms with van der Waals surface area (Å²) in [5.74, 6) is 0.915. The number of anilines is 1. The van der Waals surface area contributed by atoms with Gasteiger partial charge in [0, 0.05) is 37.1 Å². The van der Waals surface area contributed by atoms with Crippen LogP contribution in [0.5, 0.6) is 0 Å². The molecule has 112 valence electrons. The molecule has 1 saturated heterocycles. The summed E-state index contributed by atoms with van der Waals surface area (Å²) in [5, 5.41) is 3.39. The molecule has 0 aromatic carbocycles. The molecule has 2 heterocycles. The highest BCUT2D eigenvalue weighted by atomic mass is 15.3. The highest BCUT2D eigenvalue weighted by molar-refractivity contribution is 5.32. The molecule has 0 radical (unpaired) electrons. The summed E-state index contributed by atoms with van der Waals surface area (Å²) in [6.45, 7) is 7.46. The molecule has 4 heteroatoms. The number of hydrogen-bond acceptors (Lipinski definition) is 4. The average molecular weight is 276 g/mol. The molecule has 0 amide bonds. The van der Waals surface area contributed by atoms with Crippen molar-refractivity contribution in [1.82, 2.24) is 15.3 Å². The molecule has 1 N–H and O–H groups in total. The molecule has 20 heavy (non-hydrogen) atoms. The van der Waals surface area contributed by atoms with Gasteiger partial charge < -0.3 is 10.2 Å². The number of rotatable bonds is 6. The number of nitrogens with zero attached hydrogens (tertiary/aromatic N) is 3. The number of aromatic nitrogens is 2. The van der Waals surface area contributed by atoms with E-state index >= 15 is 0 Å². The molecule has 1 fully saturated rings. The van der Waals surface area contributed by atoms with Crippen molar-refractivity contribution in [3.8, 4) is 0 Å². The van der Waals surface area contributed by atoms with E-state index in [1.54, 1.807) is 0 Å². The van der Waals surface area contributed by atoms with Crippen molar-refractivity contribution in [3.05, 3.63) is 18.0 Å². The zero-order valence-electron chi connectivity index (χ0n) is 12.9. The first kappa shape index (κ1) is 15.2. The number of hydrogen-bond donors (Lipinski definition) is 1. The van der Waals surface area contributed by atoms with E-state index in [4.69, 9.17) is 0 Å². The van der Waals surface area contributed by atoms with E-state index in [1.807, 2.05) is 12.4 Å². The van der Waals surface area contributed by atoms with Crippen LogP contribution in [-0.4, -0.2) is 29.1 Å². The molecule has 1 aliphatic heterocycles. The van der Waals surface area contributed by atoms with Gasteiger partial charge in [0.1, 0.15) is 0 Å². The van der Waals surface area contributed by atoms with Gasteiger partial charge in [-0.05, 0) is 32.2 Å². The molecular weight excluding hydrogens is 248 g/mol. The fraction of sp³-hybridized carbons (Fsp3) is 0.750. The lowest BCUT2D eigenvalue weighted by Gasteiger charge is -2.29. The Hall–Kier alpha value is -1.16. The van der Waals surface area contributed by atoms with Crippen LogP contribution in [0.2, 0.25) is 0 Å². The Balaban J connectivity index is 1.99. The lowest BCUT2D eigenvalue weighted by atomic mass is 10.1. The van der Waals surface area contributed by atoms with E-state index in [0.29, 0.717) is 6.04 Å². The van der Waals surface area contributed by atoms with Gasteiger partial charge in [-0.25, -0.2) is 9.97 Å². The van der Waals surface area contributed by atoms with Crippen molar-refractivity contribution in [1.29, 1.82) is 0 Å². The molecular formula is C16H28N4. The van der Waals surface area contributed by atoms with Crippen molar-refractivity contribution >= 4 is 5.95 Å². The molecule has 0 saturated carbocycles.